The van der Waals surface area contributed by atoms with Crippen molar-refractivity contribution in [2.24, 2.45) is 0 Å². The van der Waals surface area contributed by atoms with Crippen molar-refractivity contribution < 1.29 is 14.6 Å². The molecular formula is C12H27NO3. The molecule has 0 aromatic carbocycles. The molecule has 0 aliphatic rings. The lowest BCUT2D eigenvalue weighted by molar-refractivity contribution is 0.0313. The monoisotopic (exact) mass is 233 g/mol. The van der Waals surface area contributed by atoms with Gasteiger partial charge >= 0.3 is 0 Å². The first kappa shape index (κ1) is 15.8. The average molecular weight is 233 g/mol. The van der Waals surface area contributed by atoms with Crippen LogP contribution < -0.4 is 5.32 Å². The molecule has 0 aromatic rings. The van der Waals surface area contributed by atoms with Crippen LogP contribution in [0.25, 0.3) is 0 Å². The Balaban J connectivity index is 3.26. The molecule has 0 saturated carbocycles. The normalized spacial score (nSPS) is 12.0. The molecule has 16 heavy (non-hydrogen) atoms. The lowest BCUT2D eigenvalue weighted by Gasteiger charge is -2.25. The smallest absolute Gasteiger partial charge is 0.0766 e. The van der Waals surface area contributed by atoms with Gasteiger partial charge in [0, 0.05) is 20.3 Å². The predicted octanol–water partition coefficient (Wildman–Crippen LogP) is 1.18. The van der Waals surface area contributed by atoms with Gasteiger partial charge in [-0.25, -0.2) is 0 Å². The van der Waals surface area contributed by atoms with Gasteiger partial charge in [0.2, 0.25) is 0 Å². The maximum Gasteiger partial charge on any atom is 0.0766 e. The molecule has 2 N–H and O–H groups in total. The summed E-state index contributed by atoms with van der Waals surface area (Å²) in [6.45, 7) is 7.63. The van der Waals surface area contributed by atoms with E-state index >= 15 is 0 Å². The molecular weight excluding hydrogens is 206 g/mol. The second kappa shape index (κ2) is 10.0. The van der Waals surface area contributed by atoms with Crippen LogP contribution in [0, 0.1) is 0 Å². The lowest BCUT2D eigenvalue weighted by Crippen LogP contribution is -2.40. The summed E-state index contributed by atoms with van der Waals surface area (Å²) in [4.78, 5) is 0. The summed E-state index contributed by atoms with van der Waals surface area (Å²) in [6, 6.07) is 0. The Hall–Kier alpha value is -0.160. The summed E-state index contributed by atoms with van der Waals surface area (Å²) in [6.07, 6.45) is 2.55. The highest BCUT2D eigenvalue weighted by Crippen LogP contribution is 2.12. The van der Waals surface area contributed by atoms with Gasteiger partial charge in [-0.05, 0) is 25.8 Å². The summed E-state index contributed by atoms with van der Waals surface area (Å²) in [5, 5.41) is 13.2. The van der Waals surface area contributed by atoms with E-state index in [1.54, 1.807) is 7.11 Å². The minimum absolute atomic E-state index is 0.545. The van der Waals surface area contributed by atoms with Gasteiger partial charge in [-0.1, -0.05) is 13.8 Å². The fraction of sp³-hybridized carbons (Fsp3) is 1.00. The summed E-state index contributed by atoms with van der Waals surface area (Å²) < 4.78 is 10.2. The van der Waals surface area contributed by atoms with Crippen molar-refractivity contribution in [1.82, 2.24) is 5.32 Å². The van der Waals surface area contributed by atoms with Crippen LogP contribution in [0.4, 0.5) is 0 Å². The van der Waals surface area contributed by atoms with Crippen molar-refractivity contribution in [1.29, 1.82) is 0 Å². The van der Waals surface area contributed by atoms with Crippen LogP contribution in [0.5, 0.6) is 0 Å². The summed E-state index contributed by atoms with van der Waals surface area (Å²) in [7, 11) is 1.67. The molecule has 0 radical (unpaired) electrons. The van der Waals surface area contributed by atoms with Crippen molar-refractivity contribution in [2.45, 2.75) is 38.7 Å². The molecule has 98 valence electrons. The first-order chi connectivity index (χ1) is 7.68. The number of ether oxygens (including phenoxy) is 2. The third-order valence-electron chi connectivity index (χ3n) is 2.84. The first-order valence-corrected chi connectivity index (χ1v) is 6.18. The van der Waals surface area contributed by atoms with Gasteiger partial charge < -0.3 is 19.9 Å². The van der Waals surface area contributed by atoms with Crippen LogP contribution in [0.1, 0.15) is 33.1 Å². The Morgan fingerprint density at radius 3 is 2.38 bits per heavy atom. The van der Waals surface area contributed by atoms with E-state index in [4.69, 9.17) is 9.47 Å². The minimum Gasteiger partial charge on any atom is -0.389 e. The van der Waals surface area contributed by atoms with E-state index in [0.29, 0.717) is 19.8 Å². The Bertz CT molecular complexity index is 149. The largest absolute Gasteiger partial charge is 0.389 e. The van der Waals surface area contributed by atoms with Crippen LogP contribution in [-0.2, 0) is 9.47 Å². The van der Waals surface area contributed by atoms with Crippen LogP contribution in [0.15, 0.2) is 0 Å². The number of nitrogens with one attached hydrogen (secondary N) is 1. The van der Waals surface area contributed by atoms with Crippen molar-refractivity contribution in [3.05, 3.63) is 0 Å². The summed E-state index contributed by atoms with van der Waals surface area (Å²) in [5.74, 6) is 0. The zero-order valence-electron chi connectivity index (χ0n) is 10.9. The van der Waals surface area contributed by atoms with E-state index in [-0.39, 0.29) is 0 Å². The maximum atomic E-state index is 9.99. The van der Waals surface area contributed by atoms with Gasteiger partial charge in [-0.2, -0.15) is 0 Å². The summed E-state index contributed by atoms with van der Waals surface area (Å²) >= 11 is 0. The zero-order valence-corrected chi connectivity index (χ0v) is 10.9. The molecule has 0 spiro atoms. The van der Waals surface area contributed by atoms with Crippen molar-refractivity contribution in [2.75, 3.05) is 40.0 Å². The van der Waals surface area contributed by atoms with Gasteiger partial charge in [0.15, 0.2) is 0 Å². The van der Waals surface area contributed by atoms with Crippen molar-refractivity contribution in [3.8, 4) is 0 Å². The Kier molecular flexibility index (Phi) is 9.92. The van der Waals surface area contributed by atoms with Crippen LogP contribution in [0.2, 0.25) is 0 Å². The van der Waals surface area contributed by atoms with Crippen molar-refractivity contribution >= 4 is 0 Å². The SMILES string of the molecule is CCC(O)(CC)CNCCCOCCOC. The molecule has 0 unspecified atom stereocenters. The van der Waals surface area contributed by atoms with E-state index in [1.807, 2.05) is 13.8 Å². The molecule has 0 fully saturated rings. The second-order valence-electron chi connectivity index (χ2n) is 4.07. The fourth-order valence-electron chi connectivity index (χ4n) is 1.36. The highest BCUT2D eigenvalue weighted by molar-refractivity contribution is 4.77. The quantitative estimate of drug-likeness (QED) is 0.526. The molecule has 0 saturated heterocycles. The van der Waals surface area contributed by atoms with E-state index in [9.17, 15) is 5.11 Å². The van der Waals surface area contributed by atoms with Gasteiger partial charge in [-0.15, -0.1) is 0 Å². The third kappa shape index (κ3) is 8.05. The van der Waals surface area contributed by atoms with E-state index < -0.39 is 5.60 Å². The van der Waals surface area contributed by atoms with Crippen molar-refractivity contribution in [3.63, 3.8) is 0 Å². The van der Waals surface area contributed by atoms with E-state index in [2.05, 4.69) is 5.32 Å². The topological polar surface area (TPSA) is 50.7 Å². The Morgan fingerprint density at radius 2 is 1.81 bits per heavy atom. The van der Waals surface area contributed by atoms with Gasteiger partial charge in [0.1, 0.15) is 0 Å². The first-order valence-electron chi connectivity index (χ1n) is 6.18. The summed E-state index contributed by atoms with van der Waals surface area (Å²) in [5.41, 5.74) is -0.545. The predicted molar refractivity (Wildman–Crippen MR) is 65.7 cm³/mol. The highest BCUT2D eigenvalue weighted by Gasteiger charge is 2.20. The second-order valence-corrected chi connectivity index (χ2v) is 4.07. The minimum atomic E-state index is -0.545. The Labute approximate surface area is 99.3 Å². The molecule has 0 bridgehead atoms. The molecule has 0 amide bonds. The Morgan fingerprint density at radius 1 is 1.12 bits per heavy atom. The molecule has 4 nitrogen and oxygen atoms in total. The van der Waals surface area contributed by atoms with Gasteiger partial charge in [-0.3, -0.25) is 0 Å². The number of methoxy groups -OCH3 is 1. The van der Waals surface area contributed by atoms with E-state index in [1.165, 1.54) is 0 Å². The number of hydrogen-bond acceptors (Lipinski definition) is 4. The van der Waals surface area contributed by atoms with Crippen LogP contribution in [-0.4, -0.2) is 50.7 Å². The van der Waals surface area contributed by atoms with Crippen LogP contribution >= 0.6 is 0 Å². The third-order valence-corrected chi connectivity index (χ3v) is 2.84. The van der Waals surface area contributed by atoms with E-state index in [0.717, 1.165) is 32.4 Å². The average Bonchev–Trinajstić information content (AvgIpc) is 2.32. The molecule has 0 atom stereocenters. The lowest BCUT2D eigenvalue weighted by atomic mass is 9.98. The van der Waals surface area contributed by atoms with Crippen LogP contribution in [0.3, 0.4) is 0 Å². The number of hydrogen-bond donors (Lipinski definition) is 2. The highest BCUT2D eigenvalue weighted by atomic mass is 16.5. The maximum absolute atomic E-state index is 9.99. The molecule has 0 aliphatic carbocycles. The van der Waals surface area contributed by atoms with Gasteiger partial charge in [0.05, 0.1) is 18.8 Å². The fourth-order valence-corrected chi connectivity index (χ4v) is 1.36. The molecule has 0 heterocycles. The number of rotatable bonds is 11. The number of aliphatic hydroxyl groups is 1. The zero-order chi connectivity index (χ0) is 12.3. The van der Waals surface area contributed by atoms with Gasteiger partial charge in [0.25, 0.3) is 0 Å². The molecule has 0 aromatic heterocycles. The standard InChI is InChI=1S/C12H27NO3/c1-4-12(14,5-2)11-13-7-6-8-16-10-9-15-3/h13-14H,4-11H2,1-3H3. The molecule has 0 rings (SSSR count). The molecule has 4 heteroatoms. The molecule has 0 aliphatic heterocycles.